The topological polar surface area (TPSA) is 119 Å². The van der Waals surface area contributed by atoms with Gasteiger partial charge in [0.2, 0.25) is 10.0 Å². The van der Waals surface area contributed by atoms with Crippen molar-refractivity contribution in [2.24, 2.45) is 16.8 Å². The summed E-state index contributed by atoms with van der Waals surface area (Å²) in [6.07, 6.45) is 5.31. The molecule has 1 saturated heterocycles. The molecule has 4 rings (SSSR count). The van der Waals surface area contributed by atoms with E-state index in [1.807, 2.05) is 0 Å². The summed E-state index contributed by atoms with van der Waals surface area (Å²) in [6.45, 7) is 4.39. The van der Waals surface area contributed by atoms with Crippen LogP contribution in [-0.4, -0.2) is 61.3 Å². The summed E-state index contributed by atoms with van der Waals surface area (Å²) in [4.78, 5) is 29.9. The highest BCUT2D eigenvalue weighted by Gasteiger charge is 2.48. The SMILES string of the molecule is Cc1cc(N(C)C(=O)O)cc(Cl)c1/C=C/S(=O)(=O)N1CCC2(CC1)N=C(C1CCC(C)CC1)NC2=O. The molecule has 36 heavy (non-hydrogen) atoms. The molecular weight excluding hydrogens is 504 g/mol. The van der Waals surface area contributed by atoms with Gasteiger partial charge in [-0.1, -0.05) is 31.4 Å². The molecule has 11 heteroatoms. The fourth-order valence-electron chi connectivity index (χ4n) is 5.21. The molecule has 1 aliphatic carbocycles. The van der Waals surface area contributed by atoms with Crippen molar-refractivity contribution >= 4 is 51.2 Å². The van der Waals surface area contributed by atoms with Crippen LogP contribution in [0.4, 0.5) is 10.5 Å². The van der Waals surface area contributed by atoms with Gasteiger partial charge >= 0.3 is 6.09 Å². The summed E-state index contributed by atoms with van der Waals surface area (Å²) in [5, 5.41) is 13.6. The molecule has 0 atom stereocenters. The van der Waals surface area contributed by atoms with Crippen LogP contribution in [0.5, 0.6) is 0 Å². The molecule has 3 aliphatic rings. The van der Waals surface area contributed by atoms with Gasteiger partial charge in [-0.15, -0.1) is 0 Å². The number of hydrogen-bond acceptors (Lipinski definition) is 5. The molecule has 2 heterocycles. The maximum absolute atomic E-state index is 13.0. The Kier molecular flexibility index (Phi) is 7.50. The number of carbonyl (C=O) groups is 2. The number of nitrogens with one attached hydrogen (secondary N) is 1. The Labute approximate surface area is 217 Å². The number of sulfonamides is 1. The van der Waals surface area contributed by atoms with Gasteiger partial charge in [0.25, 0.3) is 5.91 Å². The van der Waals surface area contributed by atoms with Crippen molar-refractivity contribution in [1.82, 2.24) is 9.62 Å². The number of carboxylic acid groups (broad SMARTS) is 1. The van der Waals surface area contributed by atoms with Gasteiger partial charge in [-0.3, -0.25) is 14.7 Å². The Balaban J connectivity index is 1.44. The third kappa shape index (κ3) is 5.31. The molecule has 2 fully saturated rings. The zero-order valence-electron chi connectivity index (χ0n) is 20.8. The van der Waals surface area contributed by atoms with Crippen molar-refractivity contribution in [3.05, 3.63) is 33.7 Å². The van der Waals surface area contributed by atoms with Gasteiger partial charge in [0.15, 0.2) is 0 Å². The van der Waals surface area contributed by atoms with Gasteiger partial charge in [-0.05, 0) is 67.9 Å². The molecule has 1 aromatic rings. The van der Waals surface area contributed by atoms with Crippen LogP contribution in [0, 0.1) is 18.8 Å². The summed E-state index contributed by atoms with van der Waals surface area (Å²) < 4.78 is 27.5. The minimum Gasteiger partial charge on any atom is -0.465 e. The molecule has 2 aliphatic heterocycles. The van der Waals surface area contributed by atoms with E-state index in [4.69, 9.17) is 16.6 Å². The second kappa shape index (κ2) is 10.1. The monoisotopic (exact) mass is 536 g/mol. The molecule has 196 valence electrons. The minimum atomic E-state index is -3.75. The van der Waals surface area contributed by atoms with E-state index in [-0.39, 0.29) is 29.9 Å². The molecule has 2 N–H and O–H groups in total. The van der Waals surface area contributed by atoms with E-state index in [9.17, 15) is 23.1 Å². The summed E-state index contributed by atoms with van der Waals surface area (Å²) in [5.74, 6) is 1.66. The maximum atomic E-state index is 13.0. The standard InChI is InChI=1S/C25H33ClN4O5S/c1-16-4-6-18(7-5-16)22-27-23(31)25(28-22)9-11-30(12-10-25)36(34,35)13-8-20-17(2)14-19(15-21(20)26)29(3)24(32)33/h8,13-16,18H,4-7,9-12H2,1-3H3,(H,32,33)(H,27,28,31)/b13-8+. The molecule has 0 aromatic heterocycles. The highest BCUT2D eigenvalue weighted by Crippen LogP contribution is 2.36. The average molecular weight is 537 g/mol. The van der Waals surface area contributed by atoms with Crippen molar-refractivity contribution in [2.45, 2.75) is 57.9 Å². The number of anilines is 1. The van der Waals surface area contributed by atoms with E-state index in [1.54, 1.807) is 13.0 Å². The predicted molar refractivity (Wildman–Crippen MR) is 141 cm³/mol. The van der Waals surface area contributed by atoms with Crippen LogP contribution < -0.4 is 10.2 Å². The second-order valence-corrected chi connectivity index (χ2v) is 12.4. The van der Waals surface area contributed by atoms with Crippen LogP contribution in [-0.2, 0) is 14.8 Å². The molecule has 9 nitrogen and oxygen atoms in total. The lowest BCUT2D eigenvalue weighted by Crippen LogP contribution is -2.50. The van der Waals surface area contributed by atoms with E-state index >= 15 is 0 Å². The molecule has 0 unspecified atom stereocenters. The summed E-state index contributed by atoms with van der Waals surface area (Å²) >= 11 is 6.34. The first kappa shape index (κ1) is 26.6. The van der Waals surface area contributed by atoms with Crippen molar-refractivity contribution in [3.8, 4) is 0 Å². The molecule has 2 amide bonds. The third-order valence-corrected chi connectivity index (χ3v) is 9.59. The zero-order valence-corrected chi connectivity index (χ0v) is 22.4. The van der Waals surface area contributed by atoms with Crippen LogP contribution in [0.2, 0.25) is 5.02 Å². The van der Waals surface area contributed by atoms with E-state index in [1.165, 1.54) is 23.5 Å². The van der Waals surface area contributed by atoms with E-state index in [0.717, 1.165) is 41.8 Å². The van der Waals surface area contributed by atoms with Gasteiger partial charge in [0.1, 0.15) is 11.4 Å². The Morgan fingerprint density at radius 1 is 1.25 bits per heavy atom. The Bertz CT molecular complexity index is 1190. The summed E-state index contributed by atoms with van der Waals surface area (Å²) in [6, 6.07) is 3.12. The number of benzene rings is 1. The molecule has 1 aromatic carbocycles. The zero-order chi connectivity index (χ0) is 26.3. The quantitative estimate of drug-likeness (QED) is 0.583. The normalized spacial score (nSPS) is 24.7. The number of aliphatic imine (C=N–C) groups is 1. The van der Waals surface area contributed by atoms with Crippen LogP contribution in [0.3, 0.4) is 0 Å². The molecule has 1 saturated carbocycles. The van der Waals surface area contributed by atoms with Crippen LogP contribution >= 0.6 is 11.6 Å². The second-order valence-electron chi connectivity index (χ2n) is 10.2. The van der Waals surface area contributed by atoms with Crippen LogP contribution in [0.15, 0.2) is 22.5 Å². The number of piperidine rings is 1. The summed E-state index contributed by atoms with van der Waals surface area (Å²) in [5.41, 5.74) is 0.669. The highest BCUT2D eigenvalue weighted by atomic mass is 35.5. The number of halogens is 1. The average Bonchev–Trinajstić information content (AvgIpc) is 3.13. The Morgan fingerprint density at radius 3 is 2.47 bits per heavy atom. The lowest BCUT2D eigenvalue weighted by molar-refractivity contribution is -0.125. The largest absolute Gasteiger partial charge is 0.465 e. The lowest BCUT2D eigenvalue weighted by atomic mass is 9.82. The molecule has 1 spiro atoms. The first-order valence-corrected chi connectivity index (χ1v) is 14.2. The minimum absolute atomic E-state index is 0.113. The Hall–Kier alpha value is -2.43. The number of carbonyl (C=O) groups excluding carboxylic acids is 1. The first-order chi connectivity index (χ1) is 16.9. The van der Waals surface area contributed by atoms with E-state index < -0.39 is 21.7 Å². The Morgan fingerprint density at radius 2 is 1.89 bits per heavy atom. The smallest absolute Gasteiger partial charge is 0.411 e. The highest BCUT2D eigenvalue weighted by molar-refractivity contribution is 7.92. The molecule has 0 bridgehead atoms. The molecule has 0 radical (unpaired) electrons. The number of hydrogen-bond donors (Lipinski definition) is 2. The van der Waals surface area contributed by atoms with Crippen molar-refractivity contribution in [1.29, 1.82) is 0 Å². The van der Waals surface area contributed by atoms with Gasteiger partial charge in [0.05, 0.1) is 5.02 Å². The molecular formula is C25H33ClN4O5S. The van der Waals surface area contributed by atoms with Gasteiger partial charge < -0.3 is 10.4 Å². The van der Waals surface area contributed by atoms with Crippen molar-refractivity contribution in [3.63, 3.8) is 0 Å². The van der Waals surface area contributed by atoms with E-state index in [2.05, 4.69) is 12.2 Å². The summed E-state index contributed by atoms with van der Waals surface area (Å²) in [7, 11) is -2.34. The first-order valence-electron chi connectivity index (χ1n) is 12.3. The van der Waals surface area contributed by atoms with Gasteiger partial charge in [-0.25, -0.2) is 13.2 Å². The van der Waals surface area contributed by atoms with E-state index in [0.29, 0.717) is 35.6 Å². The number of amidine groups is 1. The fourth-order valence-corrected chi connectivity index (χ4v) is 6.71. The van der Waals surface area contributed by atoms with Gasteiger partial charge in [-0.2, -0.15) is 4.31 Å². The number of amides is 2. The number of aryl methyl sites for hydroxylation is 1. The van der Waals surface area contributed by atoms with Gasteiger partial charge in [0, 0.05) is 37.2 Å². The fraction of sp³-hybridized carbons (Fsp3) is 0.560. The maximum Gasteiger partial charge on any atom is 0.411 e. The lowest BCUT2D eigenvalue weighted by Gasteiger charge is -2.34. The van der Waals surface area contributed by atoms with Crippen molar-refractivity contribution in [2.75, 3.05) is 25.0 Å². The van der Waals surface area contributed by atoms with Crippen LogP contribution in [0.1, 0.15) is 56.6 Å². The third-order valence-electron chi connectivity index (χ3n) is 7.71. The number of nitrogens with zero attached hydrogens (tertiary/aromatic N) is 3. The predicted octanol–water partition coefficient (Wildman–Crippen LogP) is 4.25. The number of rotatable bonds is 5. The van der Waals surface area contributed by atoms with Crippen molar-refractivity contribution < 1.29 is 23.1 Å². The van der Waals surface area contributed by atoms with Crippen LogP contribution in [0.25, 0.3) is 6.08 Å².